The van der Waals surface area contributed by atoms with Gasteiger partial charge in [-0.15, -0.1) is 0 Å². The molecule has 3 nitrogen and oxygen atoms in total. The van der Waals surface area contributed by atoms with E-state index < -0.39 is 0 Å². The van der Waals surface area contributed by atoms with Gasteiger partial charge in [-0.3, -0.25) is 0 Å². The number of nitrogens with zero attached hydrogens (tertiary/aromatic N) is 2. The van der Waals surface area contributed by atoms with Gasteiger partial charge < -0.3 is 9.88 Å². The summed E-state index contributed by atoms with van der Waals surface area (Å²) in [6.45, 7) is 5.73. The lowest BCUT2D eigenvalue weighted by atomic mass is 9.90. The van der Waals surface area contributed by atoms with Gasteiger partial charge in [-0.25, -0.2) is 0 Å². The maximum atomic E-state index is 9.09. The summed E-state index contributed by atoms with van der Waals surface area (Å²) < 4.78 is 2.25. The molecule has 4 heteroatoms. The van der Waals surface area contributed by atoms with E-state index in [1.54, 1.807) is 0 Å². The Morgan fingerprint density at radius 1 is 1.38 bits per heavy atom. The summed E-state index contributed by atoms with van der Waals surface area (Å²) in [5, 5.41) is 14.3. The van der Waals surface area contributed by atoms with Crippen LogP contribution in [0.15, 0.2) is 24.4 Å². The lowest BCUT2D eigenvalue weighted by molar-refractivity contribution is 0.418. The van der Waals surface area contributed by atoms with Gasteiger partial charge in [0.05, 0.1) is 11.5 Å². The standard InChI is InChI=1S/C17H22ClN3/c1-17(2,12-19)7-4-8-21-11-13(10-20-3)15-6-5-14(18)9-16(15)21/h5-6,9,11,20H,4,7-8,10H2,1-3H3. The van der Waals surface area contributed by atoms with E-state index >= 15 is 0 Å². The number of nitrogens with one attached hydrogen (secondary N) is 1. The SMILES string of the molecule is CNCc1cn(CCCC(C)(C)C#N)c2cc(Cl)ccc12. The zero-order valence-corrected chi connectivity index (χ0v) is 13.7. The van der Waals surface area contributed by atoms with E-state index in [0.717, 1.165) is 31.0 Å². The van der Waals surface area contributed by atoms with Crippen molar-refractivity contribution in [3.8, 4) is 6.07 Å². The highest BCUT2D eigenvalue weighted by Crippen LogP contribution is 2.27. The molecule has 0 saturated carbocycles. The van der Waals surface area contributed by atoms with Crippen molar-refractivity contribution in [2.45, 2.75) is 39.8 Å². The van der Waals surface area contributed by atoms with E-state index in [9.17, 15) is 0 Å². The Morgan fingerprint density at radius 2 is 2.14 bits per heavy atom. The fourth-order valence-corrected chi connectivity index (χ4v) is 2.77. The average molecular weight is 304 g/mol. The minimum atomic E-state index is -0.256. The average Bonchev–Trinajstić information content (AvgIpc) is 2.77. The van der Waals surface area contributed by atoms with Gasteiger partial charge in [0.2, 0.25) is 0 Å². The molecule has 1 aromatic heterocycles. The van der Waals surface area contributed by atoms with Crippen LogP contribution in [0.25, 0.3) is 10.9 Å². The Hall–Kier alpha value is -1.50. The number of rotatable bonds is 6. The molecule has 0 saturated heterocycles. The maximum Gasteiger partial charge on any atom is 0.0683 e. The predicted octanol–water partition coefficient (Wildman–Crippen LogP) is 4.34. The van der Waals surface area contributed by atoms with Crippen LogP contribution in [0.5, 0.6) is 0 Å². The van der Waals surface area contributed by atoms with Gasteiger partial charge in [-0.05, 0) is 51.4 Å². The maximum absolute atomic E-state index is 9.09. The van der Waals surface area contributed by atoms with Crippen LogP contribution in [-0.2, 0) is 13.1 Å². The lowest BCUT2D eigenvalue weighted by Crippen LogP contribution is -2.09. The number of hydrogen-bond acceptors (Lipinski definition) is 2. The molecule has 0 bridgehead atoms. The highest BCUT2D eigenvalue weighted by molar-refractivity contribution is 6.31. The Labute approximate surface area is 131 Å². The Bertz CT molecular complexity index is 664. The fraction of sp³-hybridized carbons (Fsp3) is 0.471. The van der Waals surface area contributed by atoms with Crippen LogP contribution in [0, 0.1) is 16.7 Å². The van der Waals surface area contributed by atoms with E-state index in [1.807, 2.05) is 33.0 Å². The van der Waals surface area contributed by atoms with Crippen molar-refractivity contribution in [1.29, 1.82) is 5.26 Å². The zero-order chi connectivity index (χ0) is 15.5. The molecule has 0 aliphatic rings. The Balaban J connectivity index is 2.23. The van der Waals surface area contributed by atoms with Gasteiger partial charge in [0.15, 0.2) is 0 Å². The molecule has 21 heavy (non-hydrogen) atoms. The highest BCUT2D eigenvalue weighted by Gasteiger charge is 2.16. The van der Waals surface area contributed by atoms with Gasteiger partial charge in [0.1, 0.15) is 0 Å². The minimum Gasteiger partial charge on any atom is -0.347 e. The van der Waals surface area contributed by atoms with E-state index in [-0.39, 0.29) is 5.41 Å². The number of aryl methyl sites for hydroxylation is 1. The molecule has 0 unspecified atom stereocenters. The number of hydrogen-bond donors (Lipinski definition) is 1. The van der Waals surface area contributed by atoms with E-state index in [0.29, 0.717) is 0 Å². The van der Waals surface area contributed by atoms with Gasteiger partial charge in [0.25, 0.3) is 0 Å². The molecule has 0 atom stereocenters. The van der Waals surface area contributed by atoms with Crippen LogP contribution in [0.2, 0.25) is 5.02 Å². The second-order valence-corrected chi connectivity index (χ2v) is 6.58. The molecule has 0 radical (unpaired) electrons. The van der Waals surface area contributed by atoms with Crippen LogP contribution in [0.4, 0.5) is 0 Å². The summed E-state index contributed by atoms with van der Waals surface area (Å²) in [5.41, 5.74) is 2.19. The van der Waals surface area contributed by atoms with Crippen molar-refractivity contribution in [3.05, 3.63) is 35.0 Å². The predicted molar refractivity (Wildman–Crippen MR) is 88.3 cm³/mol. The van der Waals surface area contributed by atoms with Crippen molar-refractivity contribution in [1.82, 2.24) is 9.88 Å². The largest absolute Gasteiger partial charge is 0.347 e. The molecular formula is C17H22ClN3. The zero-order valence-electron chi connectivity index (χ0n) is 12.9. The van der Waals surface area contributed by atoms with Crippen molar-refractivity contribution in [3.63, 3.8) is 0 Å². The first-order chi connectivity index (χ1) is 9.96. The summed E-state index contributed by atoms with van der Waals surface area (Å²) in [6.07, 6.45) is 4.07. The first-order valence-electron chi connectivity index (χ1n) is 7.30. The summed E-state index contributed by atoms with van der Waals surface area (Å²) in [6, 6.07) is 8.40. The normalized spacial score (nSPS) is 11.8. The van der Waals surface area contributed by atoms with Gasteiger partial charge in [0, 0.05) is 35.2 Å². The molecule has 0 aliphatic carbocycles. The van der Waals surface area contributed by atoms with Crippen LogP contribution in [0.1, 0.15) is 32.3 Å². The van der Waals surface area contributed by atoms with Crippen LogP contribution < -0.4 is 5.32 Å². The molecule has 112 valence electrons. The first-order valence-corrected chi connectivity index (χ1v) is 7.68. The van der Waals surface area contributed by atoms with Crippen molar-refractivity contribution in [2.75, 3.05) is 7.05 Å². The Kier molecular flexibility index (Phi) is 4.92. The third kappa shape index (κ3) is 3.78. The molecule has 1 N–H and O–H groups in total. The van der Waals surface area contributed by atoms with Crippen molar-refractivity contribution in [2.24, 2.45) is 5.41 Å². The molecule has 0 spiro atoms. The molecule has 0 fully saturated rings. The summed E-state index contributed by atoms with van der Waals surface area (Å²) >= 11 is 6.13. The van der Waals surface area contributed by atoms with Gasteiger partial charge in [-0.1, -0.05) is 17.7 Å². The number of halogens is 1. The molecule has 2 rings (SSSR count). The van der Waals surface area contributed by atoms with Crippen molar-refractivity contribution >= 4 is 22.5 Å². The second kappa shape index (κ2) is 6.51. The topological polar surface area (TPSA) is 40.8 Å². The highest BCUT2D eigenvalue weighted by atomic mass is 35.5. The third-order valence-corrected chi connectivity index (χ3v) is 4.03. The van der Waals surface area contributed by atoms with Crippen molar-refractivity contribution < 1.29 is 0 Å². The molecule has 1 heterocycles. The molecular weight excluding hydrogens is 282 g/mol. The van der Waals surface area contributed by atoms with Crippen LogP contribution in [0.3, 0.4) is 0 Å². The van der Waals surface area contributed by atoms with E-state index in [1.165, 1.54) is 16.5 Å². The van der Waals surface area contributed by atoms with E-state index in [4.69, 9.17) is 16.9 Å². The Morgan fingerprint density at radius 3 is 2.81 bits per heavy atom. The number of aromatic nitrogens is 1. The molecule has 0 aliphatic heterocycles. The minimum absolute atomic E-state index is 0.256. The lowest BCUT2D eigenvalue weighted by Gasteiger charge is -2.15. The summed E-state index contributed by atoms with van der Waals surface area (Å²) in [7, 11) is 1.95. The molecule has 1 aromatic carbocycles. The molecule has 0 amide bonds. The fourth-order valence-electron chi connectivity index (χ4n) is 2.60. The first kappa shape index (κ1) is 15.9. The number of benzene rings is 1. The third-order valence-electron chi connectivity index (χ3n) is 3.80. The monoisotopic (exact) mass is 303 g/mol. The smallest absolute Gasteiger partial charge is 0.0683 e. The quantitative estimate of drug-likeness (QED) is 0.862. The summed E-state index contributed by atoms with van der Waals surface area (Å²) in [4.78, 5) is 0. The molecule has 2 aromatic rings. The van der Waals surface area contributed by atoms with Crippen LogP contribution in [-0.4, -0.2) is 11.6 Å². The second-order valence-electron chi connectivity index (χ2n) is 6.14. The van der Waals surface area contributed by atoms with Gasteiger partial charge in [-0.2, -0.15) is 5.26 Å². The van der Waals surface area contributed by atoms with Gasteiger partial charge >= 0.3 is 0 Å². The number of fused-ring (bicyclic) bond motifs is 1. The van der Waals surface area contributed by atoms with Crippen LogP contribution >= 0.6 is 11.6 Å². The van der Waals surface area contributed by atoms with E-state index in [2.05, 4.69) is 28.2 Å². The number of nitriles is 1. The summed E-state index contributed by atoms with van der Waals surface area (Å²) in [5.74, 6) is 0.